The quantitative estimate of drug-likeness (QED) is 0.0436. The van der Waals surface area contributed by atoms with Crippen molar-refractivity contribution >= 4 is 101 Å². The van der Waals surface area contributed by atoms with Crippen molar-refractivity contribution in [1.82, 2.24) is 10.2 Å². The fourth-order valence-electron chi connectivity index (χ4n) is 8.20. The van der Waals surface area contributed by atoms with Gasteiger partial charge < -0.3 is 25.2 Å². The molecule has 0 aliphatic carbocycles. The average molecular weight is 1030 g/mol. The van der Waals surface area contributed by atoms with E-state index in [2.05, 4.69) is 16.0 Å². The fourth-order valence-corrected chi connectivity index (χ4v) is 11.1. The zero-order chi connectivity index (χ0) is 51.9. The monoisotopic (exact) mass is 1020 g/mol. The molecule has 1 saturated heterocycles. The Kier molecular flexibility index (Phi) is 15.7. The third kappa shape index (κ3) is 11.2. The van der Waals surface area contributed by atoms with E-state index in [1.165, 1.54) is 91.9 Å². The number of rotatable bonds is 21. The Morgan fingerprint density at radius 1 is 0.722 bits per heavy atom. The van der Waals surface area contributed by atoms with Gasteiger partial charge >= 0.3 is 11.9 Å². The Balaban J connectivity index is 1.01. The molecule has 0 aromatic heterocycles. The Morgan fingerprint density at radius 3 is 1.86 bits per heavy atom. The molecule has 6 amide bonds. The molecule has 2 aliphatic heterocycles. The molecule has 0 spiro atoms. The summed E-state index contributed by atoms with van der Waals surface area (Å²) in [5.41, 5.74) is 0.506. The highest BCUT2D eigenvalue weighted by atomic mass is 32.2. The molecule has 1 unspecified atom stereocenters. The van der Waals surface area contributed by atoms with Gasteiger partial charge in [-0.05, 0) is 105 Å². The summed E-state index contributed by atoms with van der Waals surface area (Å²) in [6.45, 7) is 1.06. The van der Waals surface area contributed by atoms with Crippen LogP contribution in [-0.2, 0) is 53.6 Å². The number of benzene rings is 5. The molecule has 0 radical (unpaired) electrons. The second-order valence-corrected chi connectivity index (χ2v) is 20.2. The Morgan fingerprint density at radius 2 is 1.31 bits per heavy atom. The number of hydrogen-bond acceptors (Lipinski definition) is 14. The van der Waals surface area contributed by atoms with Crippen LogP contribution in [0.25, 0.3) is 10.8 Å². The summed E-state index contributed by atoms with van der Waals surface area (Å²) < 4.78 is 69.7. The fraction of sp³-hybridized carbons (Fsp3) is 0.265. The van der Waals surface area contributed by atoms with Crippen LogP contribution in [0.5, 0.6) is 5.75 Å². The van der Waals surface area contributed by atoms with E-state index in [-0.39, 0.29) is 92.9 Å². The summed E-state index contributed by atoms with van der Waals surface area (Å²) >= 11 is 0. The van der Waals surface area contributed by atoms with Crippen molar-refractivity contribution in [2.45, 2.75) is 68.2 Å². The second-order valence-electron chi connectivity index (χ2n) is 16.4. The van der Waals surface area contributed by atoms with Crippen LogP contribution in [0.2, 0.25) is 0 Å². The lowest BCUT2D eigenvalue weighted by molar-refractivity contribution is -0.141. The molecular formula is C49H48N6O15S2. The number of carboxylic acid groups (broad SMARTS) is 1. The van der Waals surface area contributed by atoms with Crippen LogP contribution in [-0.4, -0.2) is 107 Å². The lowest BCUT2D eigenvalue weighted by Crippen LogP contribution is -2.54. The summed E-state index contributed by atoms with van der Waals surface area (Å²) in [7, 11) is -9.21. The van der Waals surface area contributed by atoms with Gasteiger partial charge in [0, 0.05) is 41.9 Å². The Hall–Kier alpha value is -8.18. The van der Waals surface area contributed by atoms with Crippen molar-refractivity contribution in [3.05, 3.63) is 114 Å². The first-order chi connectivity index (χ1) is 34.3. The number of esters is 1. The molecule has 1 atom stereocenters. The van der Waals surface area contributed by atoms with Crippen molar-refractivity contribution in [2.24, 2.45) is 0 Å². The minimum Gasteiger partial charge on any atom is -0.493 e. The first-order valence-electron chi connectivity index (χ1n) is 22.5. The predicted octanol–water partition coefficient (Wildman–Crippen LogP) is 4.82. The van der Waals surface area contributed by atoms with E-state index >= 15 is 0 Å². The van der Waals surface area contributed by atoms with Gasteiger partial charge in [-0.25, -0.2) is 16.8 Å². The van der Waals surface area contributed by atoms with Crippen LogP contribution in [0.3, 0.4) is 0 Å². The molecule has 21 nitrogen and oxygen atoms in total. The molecule has 5 aromatic carbocycles. The molecule has 4 N–H and O–H groups in total. The van der Waals surface area contributed by atoms with Crippen molar-refractivity contribution < 1.29 is 69.8 Å². The SMILES string of the molecule is CCOC(=O)CN(c1ccc(N(CC(=O)O)S(=O)(=O)c2ccc(NC(C)=O)cc2)c2ccccc12)S(=O)(=O)c1ccc(NC(=O)CCCCCOc2cccc3c2C(=O)N(C2CCC(=O)NC2=O)C3=O)cc1. The molecular weight excluding hydrogens is 977 g/mol. The number of piperidine rings is 1. The molecule has 376 valence electrons. The third-order valence-electron chi connectivity index (χ3n) is 11.5. The van der Waals surface area contributed by atoms with Gasteiger partial charge in [-0.2, -0.15) is 0 Å². The predicted molar refractivity (Wildman–Crippen MR) is 260 cm³/mol. The third-order valence-corrected chi connectivity index (χ3v) is 15.0. The number of unbranched alkanes of at least 4 members (excludes halogenated alkanes) is 2. The summed E-state index contributed by atoms with van der Waals surface area (Å²) in [5, 5.41) is 17.6. The Bertz CT molecular complexity index is 3220. The van der Waals surface area contributed by atoms with Crippen LogP contribution in [0.4, 0.5) is 22.7 Å². The smallest absolute Gasteiger partial charge is 0.326 e. The molecule has 0 saturated carbocycles. The minimum absolute atomic E-state index is 0.0131. The normalized spacial score (nSPS) is 14.6. The van der Waals surface area contributed by atoms with Gasteiger partial charge in [0.25, 0.3) is 31.9 Å². The van der Waals surface area contributed by atoms with Crippen LogP contribution in [0.15, 0.2) is 113 Å². The molecule has 23 heteroatoms. The first kappa shape index (κ1) is 51.7. The highest BCUT2D eigenvalue weighted by Gasteiger charge is 2.46. The maximum Gasteiger partial charge on any atom is 0.326 e. The van der Waals surface area contributed by atoms with E-state index in [0.29, 0.717) is 29.3 Å². The maximum absolute atomic E-state index is 14.5. The van der Waals surface area contributed by atoms with Crippen molar-refractivity contribution in [1.29, 1.82) is 0 Å². The summed E-state index contributed by atoms with van der Waals surface area (Å²) in [5.74, 6) is -5.56. The highest BCUT2D eigenvalue weighted by Crippen LogP contribution is 2.39. The number of carboxylic acids is 1. The number of amides is 6. The number of anilines is 4. The molecule has 5 aromatic rings. The van der Waals surface area contributed by atoms with Gasteiger partial charge in [0.15, 0.2) is 0 Å². The molecule has 1 fully saturated rings. The lowest BCUT2D eigenvalue weighted by atomic mass is 10.0. The van der Waals surface area contributed by atoms with E-state index < -0.39 is 80.7 Å². The average Bonchev–Trinajstić information content (AvgIpc) is 3.59. The van der Waals surface area contributed by atoms with Gasteiger partial charge in [0.1, 0.15) is 24.9 Å². The minimum atomic E-state index is -4.62. The standard InChI is InChI=1S/C49H48N6O15S2/c1-3-69-45(61)29-54(39-24-23-38(35-10-6-7-11-36(35)39)53(28-44(59)60)71(65,66)33-19-15-31(16-20-33)50-30(2)56)72(67,68)34-21-17-32(18-22-34)51-42(57)14-5-4-8-27-70-41-13-9-12-37-46(41)49(64)55(48(37)63)40-25-26-43(58)52-47(40)62/h6-7,9-13,15-24,40H,3-5,8,14,25-29H2,1-2H3,(H,50,56)(H,51,57)(H,59,60)(H,52,58,62). The number of aliphatic carboxylic acids is 1. The molecule has 7 rings (SSSR count). The van der Waals surface area contributed by atoms with Crippen LogP contribution in [0.1, 0.15) is 73.1 Å². The molecule has 0 bridgehead atoms. The van der Waals surface area contributed by atoms with Crippen LogP contribution in [0, 0.1) is 0 Å². The highest BCUT2D eigenvalue weighted by molar-refractivity contribution is 7.93. The van der Waals surface area contributed by atoms with Crippen LogP contribution < -0.4 is 29.3 Å². The first-order valence-corrected chi connectivity index (χ1v) is 25.4. The number of nitrogens with one attached hydrogen (secondary N) is 3. The second kappa shape index (κ2) is 21.9. The molecule has 72 heavy (non-hydrogen) atoms. The number of carbonyl (C=O) groups excluding carboxylic acids is 7. The van der Waals surface area contributed by atoms with E-state index in [1.807, 2.05) is 0 Å². The lowest BCUT2D eigenvalue weighted by Gasteiger charge is -2.28. The van der Waals surface area contributed by atoms with E-state index in [0.717, 1.165) is 9.21 Å². The van der Waals surface area contributed by atoms with E-state index in [4.69, 9.17) is 9.47 Å². The van der Waals surface area contributed by atoms with E-state index in [9.17, 15) is 60.3 Å². The number of hydrogen-bond donors (Lipinski definition) is 4. The number of fused-ring (bicyclic) bond motifs is 2. The molecule has 2 aliphatic rings. The largest absolute Gasteiger partial charge is 0.493 e. The summed E-state index contributed by atoms with van der Waals surface area (Å²) in [6, 6.07) is 22.3. The maximum atomic E-state index is 14.5. The zero-order valence-corrected chi connectivity index (χ0v) is 40.4. The number of sulfonamides is 2. The number of imide groups is 2. The van der Waals surface area contributed by atoms with Gasteiger partial charge in [-0.15, -0.1) is 0 Å². The number of carbonyl (C=O) groups is 8. The van der Waals surface area contributed by atoms with Gasteiger partial charge in [-0.1, -0.05) is 30.3 Å². The van der Waals surface area contributed by atoms with Crippen molar-refractivity contribution in [2.75, 3.05) is 45.5 Å². The summed E-state index contributed by atoms with van der Waals surface area (Å²) in [4.78, 5) is 100. The topological polar surface area (TPSA) is 289 Å². The summed E-state index contributed by atoms with van der Waals surface area (Å²) in [6.07, 6.45) is 1.52. The van der Waals surface area contributed by atoms with Crippen molar-refractivity contribution in [3.63, 3.8) is 0 Å². The number of ether oxygens (including phenoxy) is 2. The van der Waals surface area contributed by atoms with E-state index in [1.54, 1.807) is 25.1 Å². The van der Waals surface area contributed by atoms with Gasteiger partial charge in [-0.3, -0.25) is 57.2 Å². The van der Waals surface area contributed by atoms with Gasteiger partial charge in [0.05, 0.1) is 45.5 Å². The number of nitrogens with zero attached hydrogens (tertiary/aromatic N) is 3. The molecule has 2 heterocycles. The Labute approximate surface area is 413 Å². The van der Waals surface area contributed by atoms with Crippen LogP contribution >= 0.6 is 0 Å². The van der Waals surface area contributed by atoms with Crippen molar-refractivity contribution in [3.8, 4) is 5.75 Å². The zero-order valence-electron chi connectivity index (χ0n) is 38.8. The van der Waals surface area contributed by atoms with Gasteiger partial charge in [0.2, 0.25) is 23.6 Å².